The Morgan fingerprint density at radius 3 is 2.30 bits per heavy atom. The minimum absolute atomic E-state index is 0.0467. The third kappa shape index (κ3) is 6.83. The van der Waals surface area contributed by atoms with Gasteiger partial charge in [0.25, 0.3) is 5.91 Å². The summed E-state index contributed by atoms with van der Waals surface area (Å²) in [6, 6.07) is 18.4. The molecule has 0 N–H and O–H groups in total. The number of fused-ring (bicyclic) bond motifs is 2. The van der Waals surface area contributed by atoms with Crippen LogP contribution < -0.4 is 10.2 Å². The predicted octanol–water partition coefficient (Wildman–Crippen LogP) is 6.63. The van der Waals surface area contributed by atoms with Gasteiger partial charge in [-0.15, -0.1) is 0 Å². The maximum absolute atomic E-state index is 14.9. The van der Waals surface area contributed by atoms with E-state index in [9.17, 15) is 14.0 Å². The van der Waals surface area contributed by atoms with Crippen molar-refractivity contribution in [2.24, 2.45) is 0 Å². The number of ether oxygens (including phenoxy) is 2. The van der Waals surface area contributed by atoms with Gasteiger partial charge in [0.1, 0.15) is 17.2 Å². The van der Waals surface area contributed by atoms with Crippen molar-refractivity contribution in [1.29, 1.82) is 0 Å². The Labute approximate surface area is 277 Å². The van der Waals surface area contributed by atoms with Gasteiger partial charge in [0.15, 0.2) is 0 Å². The van der Waals surface area contributed by atoms with Gasteiger partial charge >= 0.3 is 13.1 Å². The van der Waals surface area contributed by atoms with E-state index >= 15 is 0 Å². The van der Waals surface area contributed by atoms with Gasteiger partial charge in [0.2, 0.25) is 0 Å². The first-order valence-corrected chi connectivity index (χ1v) is 16.6. The number of benzene rings is 3. The quantitative estimate of drug-likeness (QED) is 0.222. The highest BCUT2D eigenvalue weighted by molar-refractivity contribution is 6.62. The molecule has 3 aliphatic heterocycles. The van der Waals surface area contributed by atoms with Crippen molar-refractivity contribution in [3.8, 4) is 16.9 Å². The Balaban J connectivity index is 1.13. The zero-order valence-electron chi connectivity index (χ0n) is 28.6. The van der Waals surface area contributed by atoms with E-state index in [0.29, 0.717) is 49.1 Å². The molecule has 0 radical (unpaired) electrons. The molecule has 248 valence electrons. The molecular formula is C38H45BFNO6. The van der Waals surface area contributed by atoms with Crippen molar-refractivity contribution in [3.63, 3.8) is 0 Å². The highest BCUT2D eigenvalue weighted by Gasteiger charge is 2.52. The number of aryl methyl sites for hydroxylation is 1. The standard InChI is InChI=1S/C38H45BFNO6/c1-35(2,3)45-33(42)14-12-25-11-13-32-31(19-25)38(24-44-32)15-17-41(18-16-38)34(43)27-10-8-9-26(20-27)28-21-29(23-30(40)22-28)39-46-36(4,5)37(6,7)47-39/h8-11,13,19-23H,12,14-18,24H2,1-7H3. The summed E-state index contributed by atoms with van der Waals surface area (Å²) in [5, 5.41) is 0. The second-order valence-electron chi connectivity index (χ2n) is 15.2. The Hall–Kier alpha value is -3.69. The largest absolute Gasteiger partial charge is 0.494 e. The second-order valence-corrected chi connectivity index (χ2v) is 15.2. The van der Waals surface area contributed by atoms with E-state index in [1.165, 1.54) is 12.1 Å². The lowest BCUT2D eigenvalue weighted by Crippen LogP contribution is -2.46. The molecule has 7 nitrogen and oxygen atoms in total. The van der Waals surface area contributed by atoms with Gasteiger partial charge < -0.3 is 23.7 Å². The summed E-state index contributed by atoms with van der Waals surface area (Å²) in [4.78, 5) is 28.0. The molecule has 0 bridgehead atoms. The van der Waals surface area contributed by atoms with Crippen LogP contribution in [0.25, 0.3) is 11.1 Å². The summed E-state index contributed by atoms with van der Waals surface area (Å²) >= 11 is 0. The van der Waals surface area contributed by atoms with Gasteiger partial charge in [-0.2, -0.15) is 0 Å². The molecule has 6 rings (SSSR count). The summed E-state index contributed by atoms with van der Waals surface area (Å²) in [5.41, 5.74) is 3.06. The van der Waals surface area contributed by atoms with Crippen molar-refractivity contribution < 1.29 is 32.8 Å². The number of esters is 1. The van der Waals surface area contributed by atoms with Crippen LogP contribution in [-0.4, -0.2) is 60.4 Å². The maximum atomic E-state index is 14.9. The number of nitrogens with zero attached hydrogens (tertiary/aromatic N) is 1. The minimum Gasteiger partial charge on any atom is -0.492 e. The number of halogens is 1. The van der Waals surface area contributed by atoms with Crippen LogP contribution in [0.5, 0.6) is 5.75 Å². The Bertz CT molecular complexity index is 1670. The van der Waals surface area contributed by atoms with Gasteiger partial charge in [-0.1, -0.05) is 30.3 Å². The smallest absolute Gasteiger partial charge is 0.492 e. The Morgan fingerprint density at radius 2 is 1.62 bits per heavy atom. The number of amides is 1. The highest BCUT2D eigenvalue weighted by Crippen LogP contribution is 2.46. The molecule has 3 aromatic carbocycles. The number of hydrogen-bond donors (Lipinski definition) is 0. The van der Waals surface area contributed by atoms with Crippen molar-refractivity contribution in [2.45, 2.75) is 96.4 Å². The van der Waals surface area contributed by atoms with Crippen molar-refractivity contribution in [1.82, 2.24) is 4.90 Å². The highest BCUT2D eigenvalue weighted by atomic mass is 19.1. The summed E-state index contributed by atoms with van der Waals surface area (Å²) < 4.78 is 38.8. The summed E-state index contributed by atoms with van der Waals surface area (Å²) in [6.07, 6.45) is 2.48. The van der Waals surface area contributed by atoms with Gasteiger partial charge in [-0.3, -0.25) is 9.59 Å². The molecule has 1 amide bonds. The summed E-state index contributed by atoms with van der Waals surface area (Å²) in [5.74, 6) is 0.239. The molecule has 2 saturated heterocycles. The normalized spacial score (nSPS) is 19.4. The molecule has 0 aliphatic carbocycles. The SMILES string of the molecule is CC(C)(C)OC(=O)CCc1ccc2c(c1)C1(CCN(C(=O)c3cccc(-c4cc(F)cc(B5OC(C)(C)C(C)(C)O5)c4)c3)CC1)CO2. The summed E-state index contributed by atoms with van der Waals surface area (Å²) in [7, 11) is -0.689. The summed E-state index contributed by atoms with van der Waals surface area (Å²) in [6.45, 7) is 15.3. The first-order valence-electron chi connectivity index (χ1n) is 16.6. The molecule has 0 aromatic heterocycles. The van der Waals surface area contributed by atoms with E-state index in [2.05, 4.69) is 6.07 Å². The minimum atomic E-state index is -0.689. The molecule has 3 aliphatic rings. The van der Waals surface area contributed by atoms with Crippen LogP contribution in [0.2, 0.25) is 0 Å². The topological polar surface area (TPSA) is 74.3 Å². The molecular weight excluding hydrogens is 596 g/mol. The Kier molecular flexibility index (Phi) is 8.54. The molecule has 9 heteroatoms. The van der Waals surface area contributed by atoms with E-state index < -0.39 is 29.7 Å². The average Bonchev–Trinajstić information content (AvgIpc) is 3.46. The van der Waals surface area contributed by atoms with Gasteiger partial charge in [-0.25, -0.2) is 4.39 Å². The van der Waals surface area contributed by atoms with E-state index in [0.717, 1.165) is 35.3 Å². The molecule has 3 aromatic rings. The fourth-order valence-electron chi connectivity index (χ4n) is 6.67. The monoisotopic (exact) mass is 641 g/mol. The lowest BCUT2D eigenvalue weighted by Gasteiger charge is -2.38. The van der Waals surface area contributed by atoms with Gasteiger partial charge in [0, 0.05) is 36.1 Å². The van der Waals surface area contributed by atoms with E-state index in [4.69, 9.17) is 18.8 Å². The Morgan fingerprint density at radius 1 is 0.915 bits per heavy atom. The van der Waals surface area contributed by atoms with E-state index in [1.807, 2.05) is 95.8 Å². The zero-order valence-corrected chi connectivity index (χ0v) is 28.6. The number of carbonyl (C=O) groups is 2. The van der Waals surface area contributed by atoms with Crippen LogP contribution in [0, 0.1) is 5.82 Å². The number of piperidine rings is 1. The third-order valence-corrected chi connectivity index (χ3v) is 10.1. The second kappa shape index (κ2) is 12.1. The maximum Gasteiger partial charge on any atom is 0.494 e. The van der Waals surface area contributed by atoms with E-state index in [1.54, 1.807) is 0 Å². The fraction of sp³-hybridized carbons (Fsp3) is 0.474. The first kappa shape index (κ1) is 33.2. The van der Waals surface area contributed by atoms with Crippen LogP contribution in [0.1, 0.15) is 89.2 Å². The van der Waals surface area contributed by atoms with Crippen molar-refractivity contribution >= 4 is 24.5 Å². The zero-order chi connectivity index (χ0) is 33.8. The number of likely N-dealkylation sites (tertiary alicyclic amines) is 1. The van der Waals surface area contributed by atoms with Crippen LogP contribution in [0.3, 0.4) is 0 Å². The number of hydrogen-bond acceptors (Lipinski definition) is 6. The molecule has 0 unspecified atom stereocenters. The number of rotatable bonds is 6. The molecule has 47 heavy (non-hydrogen) atoms. The molecule has 2 fully saturated rings. The predicted molar refractivity (Wildman–Crippen MR) is 180 cm³/mol. The van der Waals surface area contributed by atoms with Crippen molar-refractivity contribution in [2.75, 3.05) is 19.7 Å². The van der Waals surface area contributed by atoms with Crippen LogP contribution >= 0.6 is 0 Å². The lowest BCUT2D eigenvalue weighted by atomic mass is 9.74. The fourth-order valence-corrected chi connectivity index (χ4v) is 6.67. The molecule has 3 heterocycles. The van der Waals surface area contributed by atoms with E-state index in [-0.39, 0.29) is 17.3 Å². The van der Waals surface area contributed by atoms with Crippen LogP contribution in [0.4, 0.5) is 4.39 Å². The van der Waals surface area contributed by atoms with Gasteiger partial charge in [-0.05, 0) is 120 Å². The molecule has 0 atom stereocenters. The molecule has 1 spiro atoms. The van der Waals surface area contributed by atoms with Crippen LogP contribution in [0.15, 0.2) is 60.7 Å². The molecule has 0 saturated carbocycles. The van der Waals surface area contributed by atoms with Gasteiger partial charge in [0.05, 0.1) is 17.8 Å². The lowest BCUT2D eigenvalue weighted by molar-refractivity contribution is -0.154. The first-order chi connectivity index (χ1) is 22.0. The van der Waals surface area contributed by atoms with Crippen LogP contribution in [-0.2, 0) is 30.7 Å². The van der Waals surface area contributed by atoms with Crippen molar-refractivity contribution in [3.05, 3.63) is 83.2 Å². The number of carbonyl (C=O) groups excluding carboxylic acids is 2. The third-order valence-electron chi connectivity index (χ3n) is 10.1. The average molecular weight is 642 g/mol.